The average molecular weight is 345 g/mol. The zero-order valence-corrected chi connectivity index (χ0v) is 15.7. The average Bonchev–Trinajstić information content (AvgIpc) is 3.08. The summed E-state index contributed by atoms with van der Waals surface area (Å²) in [4.78, 5) is 9.33. The van der Waals surface area contributed by atoms with Gasteiger partial charge in [0.2, 0.25) is 0 Å². The van der Waals surface area contributed by atoms with Crippen LogP contribution < -0.4 is 10.6 Å². The normalized spacial score (nSPS) is 11.5. The van der Waals surface area contributed by atoms with Gasteiger partial charge in [-0.15, -0.1) is 11.3 Å². The second kappa shape index (κ2) is 10.1. The molecule has 4 nitrogen and oxygen atoms in total. The van der Waals surface area contributed by atoms with Crippen LogP contribution in [0, 0.1) is 0 Å². The van der Waals surface area contributed by atoms with Crippen molar-refractivity contribution in [2.75, 3.05) is 13.1 Å². The number of aliphatic imine (C=N–C) groups is 1. The number of hydrogen-bond acceptors (Lipinski definition) is 3. The van der Waals surface area contributed by atoms with E-state index in [4.69, 9.17) is 4.99 Å². The summed E-state index contributed by atoms with van der Waals surface area (Å²) >= 11 is 1.75. The Morgan fingerprint density at radius 2 is 1.88 bits per heavy atom. The van der Waals surface area contributed by atoms with E-state index >= 15 is 0 Å². The smallest absolute Gasteiger partial charge is 0.191 e. The Bertz CT molecular complexity index is 648. The van der Waals surface area contributed by atoms with Crippen LogP contribution in [0.1, 0.15) is 42.6 Å². The number of nitrogens with zero attached hydrogens (tertiary/aromatic N) is 2. The van der Waals surface area contributed by atoms with Crippen LogP contribution in [0.4, 0.5) is 0 Å². The third-order valence-electron chi connectivity index (χ3n) is 3.83. The van der Waals surface area contributed by atoms with Crippen molar-refractivity contribution in [2.24, 2.45) is 4.99 Å². The van der Waals surface area contributed by atoms with Crippen molar-refractivity contribution < 1.29 is 0 Å². The minimum absolute atomic E-state index is 0.704. The maximum Gasteiger partial charge on any atom is 0.191 e. The SMILES string of the molecule is CCNC(=NCc1ccccc1CC)NCCc1csc(CC)n1. The van der Waals surface area contributed by atoms with Crippen LogP contribution in [0.15, 0.2) is 34.6 Å². The Morgan fingerprint density at radius 3 is 2.54 bits per heavy atom. The van der Waals surface area contributed by atoms with E-state index in [0.717, 1.165) is 44.0 Å². The van der Waals surface area contributed by atoms with Crippen molar-refractivity contribution in [1.29, 1.82) is 0 Å². The summed E-state index contributed by atoms with van der Waals surface area (Å²) < 4.78 is 0. The van der Waals surface area contributed by atoms with E-state index in [9.17, 15) is 0 Å². The lowest BCUT2D eigenvalue weighted by atomic mass is 10.1. The minimum atomic E-state index is 0.704. The Morgan fingerprint density at radius 1 is 1.08 bits per heavy atom. The van der Waals surface area contributed by atoms with Gasteiger partial charge in [-0.2, -0.15) is 0 Å². The third-order valence-corrected chi connectivity index (χ3v) is 4.87. The molecule has 24 heavy (non-hydrogen) atoms. The van der Waals surface area contributed by atoms with Gasteiger partial charge in [-0.1, -0.05) is 38.1 Å². The third kappa shape index (κ3) is 5.64. The number of rotatable bonds is 8. The second-order valence-electron chi connectivity index (χ2n) is 5.58. The van der Waals surface area contributed by atoms with Crippen LogP contribution in [-0.2, 0) is 25.8 Å². The van der Waals surface area contributed by atoms with Gasteiger partial charge in [-0.25, -0.2) is 9.98 Å². The van der Waals surface area contributed by atoms with Gasteiger partial charge in [-0.3, -0.25) is 0 Å². The van der Waals surface area contributed by atoms with Gasteiger partial charge >= 0.3 is 0 Å². The minimum Gasteiger partial charge on any atom is -0.357 e. The number of hydrogen-bond donors (Lipinski definition) is 2. The lowest BCUT2D eigenvalue weighted by molar-refractivity contribution is 0.788. The lowest BCUT2D eigenvalue weighted by Crippen LogP contribution is -2.38. The molecule has 2 N–H and O–H groups in total. The zero-order valence-electron chi connectivity index (χ0n) is 14.9. The molecule has 0 radical (unpaired) electrons. The van der Waals surface area contributed by atoms with E-state index in [2.05, 4.69) is 66.0 Å². The van der Waals surface area contributed by atoms with E-state index in [1.54, 1.807) is 11.3 Å². The molecule has 0 fully saturated rings. The maximum absolute atomic E-state index is 4.72. The van der Waals surface area contributed by atoms with E-state index in [0.29, 0.717) is 6.54 Å². The summed E-state index contributed by atoms with van der Waals surface area (Å²) in [6.45, 7) is 8.82. The molecule has 0 atom stereocenters. The monoisotopic (exact) mass is 344 g/mol. The van der Waals surface area contributed by atoms with Crippen LogP contribution in [0.2, 0.25) is 0 Å². The van der Waals surface area contributed by atoms with Crippen molar-refractivity contribution >= 4 is 17.3 Å². The number of aryl methyl sites for hydroxylation is 2. The molecule has 130 valence electrons. The fourth-order valence-electron chi connectivity index (χ4n) is 2.50. The lowest BCUT2D eigenvalue weighted by Gasteiger charge is -2.11. The fraction of sp³-hybridized carbons (Fsp3) is 0.474. The second-order valence-corrected chi connectivity index (χ2v) is 6.52. The van der Waals surface area contributed by atoms with Crippen molar-refractivity contribution in [2.45, 2.75) is 46.6 Å². The highest BCUT2D eigenvalue weighted by Gasteiger charge is 2.03. The topological polar surface area (TPSA) is 49.3 Å². The predicted molar refractivity (Wildman–Crippen MR) is 104 cm³/mol. The molecule has 1 aromatic carbocycles. The molecule has 0 spiro atoms. The Labute approximate surface area is 149 Å². The number of thiazole rings is 1. The van der Waals surface area contributed by atoms with Gasteiger partial charge in [0.05, 0.1) is 17.2 Å². The highest BCUT2D eigenvalue weighted by molar-refractivity contribution is 7.09. The van der Waals surface area contributed by atoms with Crippen LogP contribution >= 0.6 is 11.3 Å². The van der Waals surface area contributed by atoms with Gasteiger partial charge in [0, 0.05) is 24.9 Å². The van der Waals surface area contributed by atoms with Gasteiger partial charge in [-0.05, 0) is 30.9 Å². The Balaban J connectivity index is 1.90. The van der Waals surface area contributed by atoms with Gasteiger partial charge < -0.3 is 10.6 Å². The van der Waals surface area contributed by atoms with Gasteiger partial charge in [0.1, 0.15) is 0 Å². The first kappa shape index (κ1) is 18.5. The summed E-state index contributed by atoms with van der Waals surface area (Å²) in [6.07, 6.45) is 2.98. The first-order valence-corrected chi connectivity index (χ1v) is 9.67. The first-order valence-electron chi connectivity index (χ1n) is 8.79. The predicted octanol–water partition coefficient (Wildman–Crippen LogP) is 3.57. The van der Waals surface area contributed by atoms with Gasteiger partial charge in [0.25, 0.3) is 0 Å². The Kier molecular flexibility index (Phi) is 7.75. The summed E-state index contributed by atoms with van der Waals surface area (Å²) in [5.74, 6) is 0.870. The highest BCUT2D eigenvalue weighted by Crippen LogP contribution is 2.11. The van der Waals surface area contributed by atoms with Crippen LogP contribution in [-0.4, -0.2) is 24.0 Å². The molecule has 0 bridgehead atoms. The Hall–Kier alpha value is -1.88. The van der Waals surface area contributed by atoms with Crippen LogP contribution in [0.3, 0.4) is 0 Å². The number of guanidine groups is 1. The molecule has 0 amide bonds. The quantitative estimate of drug-likeness (QED) is 0.568. The molecule has 2 rings (SSSR count). The molecule has 2 aromatic rings. The van der Waals surface area contributed by atoms with Crippen molar-refractivity contribution in [3.63, 3.8) is 0 Å². The molecular formula is C19H28N4S. The molecule has 5 heteroatoms. The summed E-state index contributed by atoms with van der Waals surface area (Å²) in [7, 11) is 0. The molecule has 0 aliphatic carbocycles. The standard InChI is InChI=1S/C19H28N4S/c1-4-15-9-7-8-10-16(15)13-22-19(20-6-3)21-12-11-17-14-24-18(5-2)23-17/h7-10,14H,4-6,11-13H2,1-3H3,(H2,20,21,22). The summed E-state index contributed by atoms with van der Waals surface area (Å²) in [5, 5.41) is 10.1. The van der Waals surface area contributed by atoms with E-state index in [1.807, 2.05) is 0 Å². The summed E-state index contributed by atoms with van der Waals surface area (Å²) in [6, 6.07) is 8.51. The number of aromatic nitrogens is 1. The fourth-order valence-corrected chi connectivity index (χ4v) is 3.28. The molecule has 0 unspecified atom stereocenters. The van der Waals surface area contributed by atoms with Gasteiger partial charge in [0.15, 0.2) is 5.96 Å². The molecule has 0 saturated carbocycles. The van der Waals surface area contributed by atoms with Crippen LogP contribution in [0.5, 0.6) is 0 Å². The van der Waals surface area contributed by atoms with Crippen LogP contribution in [0.25, 0.3) is 0 Å². The maximum atomic E-state index is 4.72. The largest absolute Gasteiger partial charge is 0.357 e. The number of benzene rings is 1. The van der Waals surface area contributed by atoms with E-state index in [-0.39, 0.29) is 0 Å². The molecule has 1 aromatic heterocycles. The molecule has 0 saturated heterocycles. The molecule has 1 heterocycles. The van der Waals surface area contributed by atoms with E-state index in [1.165, 1.54) is 16.1 Å². The highest BCUT2D eigenvalue weighted by atomic mass is 32.1. The van der Waals surface area contributed by atoms with Crippen molar-refractivity contribution in [1.82, 2.24) is 15.6 Å². The summed E-state index contributed by atoms with van der Waals surface area (Å²) in [5.41, 5.74) is 3.83. The molecule has 0 aliphatic rings. The molecule has 0 aliphatic heterocycles. The zero-order chi connectivity index (χ0) is 17.2. The molecular weight excluding hydrogens is 316 g/mol. The van der Waals surface area contributed by atoms with E-state index < -0.39 is 0 Å². The number of nitrogens with one attached hydrogen (secondary N) is 2. The van der Waals surface area contributed by atoms with Crippen molar-refractivity contribution in [3.05, 3.63) is 51.5 Å². The van der Waals surface area contributed by atoms with Crippen molar-refractivity contribution in [3.8, 4) is 0 Å². The first-order chi connectivity index (χ1) is 11.8.